The molecule has 0 bridgehead atoms. The Morgan fingerprint density at radius 2 is 1.66 bits per heavy atom. The van der Waals surface area contributed by atoms with Crippen LogP contribution in [0.3, 0.4) is 0 Å². The monoisotopic (exact) mass is 456 g/mol. The summed E-state index contributed by atoms with van der Waals surface area (Å²) in [6.07, 6.45) is 0. The summed E-state index contributed by atoms with van der Waals surface area (Å²) in [6.45, 7) is 1.17. The summed E-state index contributed by atoms with van der Waals surface area (Å²) in [6, 6.07) is 17.1. The van der Waals surface area contributed by atoms with Crippen LogP contribution < -0.4 is 9.62 Å². The Morgan fingerprint density at radius 3 is 2.28 bits per heavy atom. The van der Waals surface area contributed by atoms with Gasteiger partial charge in [0.05, 0.1) is 23.3 Å². The standard InChI is InChI=1S/C23H21FN2O5S/c1-16-8-9-17(23(28)31-2)14-21(16)25-22(27)15-26(19-12-10-18(24)11-13-19)32(29,30)20-6-4-3-5-7-20/h3-14H,15H2,1-2H3,(H,25,27). The normalized spacial score (nSPS) is 11.0. The van der Waals surface area contributed by atoms with Crippen molar-refractivity contribution in [3.63, 3.8) is 0 Å². The van der Waals surface area contributed by atoms with Gasteiger partial charge in [-0.25, -0.2) is 17.6 Å². The first-order valence-electron chi connectivity index (χ1n) is 9.54. The number of halogens is 1. The number of benzene rings is 3. The molecule has 3 aromatic rings. The maximum Gasteiger partial charge on any atom is 0.337 e. The first-order chi connectivity index (χ1) is 15.2. The molecule has 0 fully saturated rings. The summed E-state index contributed by atoms with van der Waals surface area (Å²) >= 11 is 0. The van der Waals surface area contributed by atoms with Gasteiger partial charge in [-0.1, -0.05) is 24.3 Å². The molecule has 0 spiro atoms. The lowest BCUT2D eigenvalue weighted by atomic mass is 10.1. The van der Waals surface area contributed by atoms with Gasteiger partial charge in [0.15, 0.2) is 0 Å². The number of hydrogen-bond donors (Lipinski definition) is 1. The van der Waals surface area contributed by atoms with Crippen molar-refractivity contribution in [2.45, 2.75) is 11.8 Å². The Morgan fingerprint density at radius 1 is 1.00 bits per heavy atom. The molecule has 0 aromatic heterocycles. The number of nitrogens with zero attached hydrogens (tertiary/aromatic N) is 1. The Bertz CT molecular complexity index is 1230. The van der Waals surface area contributed by atoms with Gasteiger partial charge in [0.25, 0.3) is 10.0 Å². The number of hydrogen-bond acceptors (Lipinski definition) is 5. The van der Waals surface area contributed by atoms with Gasteiger partial charge in [0.1, 0.15) is 12.4 Å². The van der Waals surface area contributed by atoms with Gasteiger partial charge in [-0.2, -0.15) is 0 Å². The fourth-order valence-electron chi connectivity index (χ4n) is 2.96. The van der Waals surface area contributed by atoms with E-state index in [0.29, 0.717) is 11.3 Å². The second-order valence-electron chi connectivity index (χ2n) is 6.87. The predicted molar refractivity (Wildman–Crippen MR) is 119 cm³/mol. The highest BCUT2D eigenvalue weighted by molar-refractivity contribution is 7.92. The molecule has 9 heteroatoms. The Hall–Kier alpha value is -3.72. The van der Waals surface area contributed by atoms with Crippen LogP contribution in [0, 0.1) is 12.7 Å². The van der Waals surface area contributed by atoms with Gasteiger partial charge >= 0.3 is 5.97 Å². The summed E-state index contributed by atoms with van der Waals surface area (Å²) in [5.41, 5.74) is 1.38. The largest absolute Gasteiger partial charge is 0.465 e. The Kier molecular flexibility index (Phi) is 6.89. The van der Waals surface area contributed by atoms with Crippen LogP contribution in [0.1, 0.15) is 15.9 Å². The molecule has 0 heterocycles. The lowest BCUT2D eigenvalue weighted by Crippen LogP contribution is -2.38. The number of nitrogens with one attached hydrogen (secondary N) is 1. The number of esters is 1. The van der Waals surface area contributed by atoms with Crippen LogP contribution in [-0.2, 0) is 19.6 Å². The lowest BCUT2D eigenvalue weighted by molar-refractivity contribution is -0.114. The highest BCUT2D eigenvalue weighted by Gasteiger charge is 2.27. The number of aryl methyl sites for hydroxylation is 1. The minimum Gasteiger partial charge on any atom is -0.465 e. The highest BCUT2D eigenvalue weighted by Crippen LogP contribution is 2.24. The molecule has 0 radical (unpaired) electrons. The zero-order valence-electron chi connectivity index (χ0n) is 17.4. The average molecular weight is 456 g/mol. The molecule has 0 aliphatic heterocycles. The van der Waals surface area contributed by atoms with Crippen LogP contribution in [0.2, 0.25) is 0 Å². The van der Waals surface area contributed by atoms with E-state index in [9.17, 15) is 22.4 Å². The van der Waals surface area contributed by atoms with E-state index in [1.54, 1.807) is 37.3 Å². The molecule has 32 heavy (non-hydrogen) atoms. The molecule has 0 aliphatic carbocycles. The smallest absolute Gasteiger partial charge is 0.337 e. The van der Waals surface area contributed by atoms with Crippen molar-refractivity contribution in [1.29, 1.82) is 0 Å². The van der Waals surface area contributed by atoms with Crippen molar-refractivity contribution >= 4 is 33.3 Å². The Balaban J connectivity index is 1.93. The topological polar surface area (TPSA) is 92.8 Å². The summed E-state index contributed by atoms with van der Waals surface area (Å²) < 4.78 is 45.5. The number of anilines is 2. The van der Waals surface area contributed by atoms with E-state index in [0.717, 1.165) is 16.4 Å². The molecular weight excluding hydrogens is 435 g/mol. The number of methoxy groups -OCH3 is 1. The third-order valence-corrected chi connectivity index (χ3v) is 6.45. The van der Waals surface area contributed by atoms with Crippen molar-refractivity contribution in [3.05, 3.63) is 89.7 Å². The van der Waals surface area contributed by atoms with Gasteiger partial charge in [-0.05, 0) is 61.0 Å². The van der Waals surface area contributed by atoms with Crippen molar-refractivity contribution in [2.24, 2.45) is 0 Å². The van der Waals surface area contributed by atoms with Crippen molar-refractivity contribution < 1.29 is 27.1 Å². The maximum absolute atomic E-state index is 13.4. The average Bonchev–Trinajstić information content (AvgIpc) is 2.79. The number of amides is 1. The van der Waals surface area contributed by atoms with Gasteiger partial charge < -0.3 is 10.1 Å². The van der Waals surface area contributed by atoms with E-state index >= 15 is 0 Å². The van der Waals surface area contributed by atoms with Gasteiger partial charge in [-0.3, -0.25) is 9.10 Å². The molecule has 0 saturated heterocycles. The summed E-state index contributed by atoms with van der Waals surface area (Å²) in [4.78, 5) is 24.6. The molecule has 0 saturated carbocycles. The number of carbonyl (C=O) groups is 2. The SMILES string of the molecule is COC(=O)c1ccc(C)c(NC(=O)CN(c2ccc(F)cc2)S(=O)(=O)c2ccccc2)c1. The summed E-state index contributed by atoms with van der Waals surface area (Å²) in [7, 11) is -2.87. The zero-order valence-corrected chi connectivity index (χ0v) is 18.2. The highest BCUT2D eigenvalue weighted by atomic mass is 32.2. The van der Waals surface area contributed by atoms with Gasteiger partial charge in [-0.15, -0.1) is 0 Å². The van der Waals surface area contributed by atoms with Crippen LogP contribution in [0.4, 0.5) is 15.8 Å². The zero-order chi connectivity index (χ0) is 23.3. The number of carbonyl (C=O) groups excluding carboxylic acids is 2. The van der Waals surface area contributed by atoms with Crippen molar-refractivity contribution in [2.75, 3.05) is 23.3 Å². The quantitative estimate of drug-likeness (QED) is 0.547. The molecule has 3 rings (SSSR count). The van der Waals surface area contributed by atoms with E-state index in [-0.39, 0.29) is 16.1 Å². The van der Waals surface area contributed by atoms with E-state index in [2.05, 4.69) is 5.32 Å². The minimum atomic E-state index is -4.11. The number of sulfonamides is 1. The summed E-state index contributed by atoms with van der Waals surface area (Å²) in [5.74, 6) is -1.75. The van der Waals surface area contributed by atoms with Crippen LogP contribution >= 0.6 is 0 Å². The van der Waals surface area contributed by atoms with E-state index in [1.165, 1.54) is 37.4 Å². The molecule has 0 aliphatic rings. The third kappa shape index (κ3) is 5.12. The molecule has 1 N–H and O–H groups in total. The first-order valence-corrected chi connectivity index (χ1v) is 11.0. The van der Waals surface area contributed by atoms with Gasteiger partial charge in [0.2, 0.25) is 5.91 Å². The van der Waals surface area contributed by atoms with Crippen molar-refractivity contribution in [3.8, 4) is 0 Å². The molecule has 166 valence electrons. The van der Waals surface area contributed by atoms with Crippen LogP contribution in [0.15, 0.2) is 77.7 Å². The third-order valence-electron chi connectivity index (χ3n) is 4.67. The van der Waals surface area contributed by atoms with Crippen molar-refractivity contribution in [1.82, 2.24) is 0 Å². The Labute approximate surface area is 185 Å². The van der Waals surface area contributed by atoms with E-state index in [4.69, 9.17) is 4.74 Å². The van der Waals surface area contributed by atoms with Gasteiger partial charge in [0, 0.05) is 5.69 Å². The fraction of sp³-hybridized carbons (Fsp3) is 0.130. The second-order valence-corrected chi connectivity index (χ2v) is 8.73. The molecule has 3 aromatic carbocycles. The molecule has 0 unspecified atom stereocenters. The molecule has 0 atom stereocenters. The second kappa shape index (κ2) is 9.61. The molecule has 1 amide bonds. The summed E-state index contributed by atoms with van der Waals surface area (Å²) in [5, 5.41) is 2.64. The predicted octanol–water partition coefficient (Wildman–Crippen LogP) is 3.75. The minimum absolute atomic E-state index is 0.0130. The van der Waals surface area contributed by atoms with E-state index in [1.807, 2.05) is 0 Å². The van der Waals surface area contributed by atoms with Crippen LogP contribution in [0.5, 0.6) is 0 Å². The first kappa shape index (κ1) is 23.0. The molecule has 7 nitrogen and oxygen atoms in total. The lowest BCUT2D eigenvalue weighted by Gasteiger charge is -2.24. The van der Waals surface area contributed by atoms with Crippen LogP contribution in [-0.4, -0.2) is 33.9 Å². The molecular formula is C23H21FN2O5S. The fourth-order valence-corrected chi connectivity index (χ4v) is 4.41. The number of rotatable bonds is 7. The number of ether oxygens (including phenoxy) is 1. The van der Waals surface area contributed by atoms with Crippen LogP contribution in [0.25, 0.3) is 0 Å². The maximum atomic E-state index is 13.4. The van der Waals surface area contributed by atoms with E-state index < -0.39 is 34.3 Å².